The zero-order valence-electron chi connectivity index (χ0n) is 36.6. The minimum absolute atomic E-state index is 0.184. The van der Waals surface area contributed by atoms with Gasteiger partial charge in [0.1, 0.15) is 0 Å². The van der Waals surface area contributed by atoms with Crippen molar-refractivity contribution in [2.45, 2.75) is 19.3 Å². The molecule has 310 valence electrons. The second-order valence-corrected chi connectivity index (χ2v) is 17.3. The Labute approximate surface area is 383 Å². The van der Waals surface area contributed by atoms with Crippen molar-refractivity contribution in [2.24, 2.45) is 0 Å². The summed E-state index contributed by atoms with van der Waals surface area (Å²) in [7, 11) is 0. The quantitative estimate of drug-likeness (QED) is 0.135. The summed E-state index contributed by atoms with van der Waals surface area (Å²) in [6, 6.07) is 92.8. The fraction of sp³-hybridized carbons (Fsp3) is 0.0476. The molecule has 0 radical (unpaired) electrons. The van der Waals surface area contributed by atoms with Crippen molar-refractivity contribution in [2.75, 3.05) is 9.80 Å². The summed E-state index contributed by atoms with van der Waals surface area (Å²) >= 11 is 0. The third-order valence-electron chi connectivity index (χ3n) is 13.0. The first-order valence-corrected chi connectivity index (χ1v) is 22.5. The standard InChI is InChI=1S/C63H48N2/c1-63(2)59-37-20-18-34-57(59)58-40-39-51(44-60(58)63)65(61-38-21-19-33-54(61)45-23-8-3-9-24-45)53-42-48(41-52(43-53)64(49-29-14-6-15-30-49)50-31-16-7-17-32-50)62-55(46-25-10-4-11-26-46)35-22-36-56(62)47-27-12-5-13-28-47/h3-44H,1-2H3. The van der Waals surface area contributed by atoms with E-state index in [0.717, 1.165) is 50.8 Å². The molecule has 0 aliphatic heterocycles. The van der Waals surface area contributed by atoms with Gasteiger partial charge in [-0.3, -0.25) is 0 Å². The van der Waals surface area contributed by atoms with Crippen LogP contribution in [-0.4, -0.2) is 0 Å². The van der Waals surface area contributed by atoms with E-state index in [1.54, 1.807) is 0 Å². The van der Waals surface area contributed by atoms with Crippen LogP contribution in [0.1, 0.15) is 25.0 Å². The first kappa shape index (κ1) is 39.6. The van der Waals surface area contributed by atoms with E-state index >= 15 is 0 Å². The van der Waals surface area contributed by atoms with E-state index in [2.05, 4.69) is 278 Å². The van der Waals surface area contributed by atoms with Gasteiger partial charge in [-0.1, -0.05) is 208 Å². The molecule has 0 saturated carbocycles. The molecule has 1 aliphatic carbocycles. The van der Waals surface area contributed by atoms with Gasteiger partial charge in [0.15, 0.2) is 0 Å². The molecular weight excluding hydrogens is 785 g/mol. The highest BCUT2D eigenvalue weighted by atomic mass is 15.2. The molecule has 11 rings (SSSR count). The van der Waals surface area contributed by atoms with Gasteiger partial charge < -0.3 is 9.80 Å². The number of para-hydroxylation sites is 3. The van der Waals surface area contributed by atoms with Gasteiger partial charge in [-0.15, -0.1) is 0 Å². The van der Waals surface area contributed by atoms with E-state index in [4.69, 9.17) is 0 Å². The number of rotatable bonds is 10. The van der Waals surface area contributed by atoms with Crippen molar-refractivity contribution in [3.8, 4) is 55.6 Å². The second kappa shape index (κ2) is 16.8. The summed E-state index contributed by atoms with van der Waals surface area (Å²) in [4.78, 5) is 4.89. The SMILES string of the molecule is CC1(C)c2ccccc2-c2ccc(N(c3cc(-c4c(-c5ccccc5)cccc4-c4ccccc4)cc(N(c4ccccc4)c4ccccc4)c3)c3ccccc3-c3ccccc3)cc21. The van der Waals surface area contributed by atoms with E-state index in [1.165, 1.54) is 50.1 Å². The van der Waals surface area contributed by atoms with Gasteiger partial charge in [-0.2, -0.15) is 0 Å². The molecule has 2 heteroatoms. The summed E-state index contributed by atoms with van der Waals surface area (Å²) in [6.45, 7) is 4.73. The lowest BCUT2D eigenvalue weighted by molar-refractivity contribution is 0.660. The molecule has 0 heterocycles. The second-order valence-electron chi connectivity index (χ2n) is 17.3. The van der Waals surface area contributed by atoms with Gasteiger partial charge in [-0.25, -0.2) is 0 Å². The van der Waals surface area contributed by atoms with Gasteiger partial charge in [-0.05, 0) is 122 Å². The van der Waals surface area contributed by atoms with Crippen LogP contribution >= 0.6 is 0 Å². The largest absolute Gasteiger partial charge is 0.310 e. The van der Waals surface area contributed by atoms with Crippen molar-refractivity contribution >= 4 is 34.1 Å². The summed E-state index contributed by atoms with van der Waals surface area (Å²) in [5.41, 5.74) is 20.9. The Hall–Kier alpha value is -8.20. The molecule has 0 atom stereocenters. The van der Waals surface area contributed by atoms with Crippen LogP contribution in [0.2, 0.25) is 0 Å². The molecule has 10 aromatic carbocycles. The number of hydrogen-bond acceptors (Lipinski definition) is 2. The fourth-order valence-electron chi connectivity index (χ4n) is 9.97. The van der Waals surface area contributed by atoms with E-state index in [1.807, 2.05) is 0 Å². The molecule has 0 saturated heterocycles. The third kappa shape index (κ3) is 7.29. The lowest BCUT2D eigenvalue weighted by Crippen LogP contribution is -2.17. The number of benzene rings is 10. The average Bonchev–Trinajstić information content (AvgIpc) is 3.60. The Balaban J connectivity index is 1.25. The predicted octanol–water partition coefficient (Wildman–Crippen LogP) is 17.6. The molecular formula is C63H48N2. The maximum absolute atomic E-state index is 2.50. The summed E-state index contributed by atoms with van der Waals surface area (Å²) in [6.07, 6.45) is 0. The number of fused-ring (bicyclic) bond motifs is 3. The van der Waals surface area contributed by atoms with Crippen LogP contribution in [0.3, 0.4) is 0 Å². The van der Waals surface area contributed by atoms with Gasteiger partial charge in [0.05, 0.1) is 5.69 Å². The van der Waals surface area contributed by atoms with E-state index in [-0.39, 0.29) is 5.41 Å². The molecule has 10 aromatic rings. The minimum Gasteiger partial charge on any atom is -0.310 e. The van der Waals surface area contributed by atoms with Gasteiger partial charge in [0.25, 0.3) is 0 Å². The number of nitrogens with zero attached hydrogens (tertiary/aromatic N) is 2. The zero-order chi connectivity index (χ0) is 43.7. The molecule has 0 unspecified atom stereocenters. The monoisotopic (exact) mass is 832 g/mol. The van der Waals surface area contributed by atoms with Crippen LogP contribution < -0.4 is 9.80 Å². The lowest BCUT2D eigenvalue weighted by atomic mass is 9.82. The van der Waals surface area contributed by atoms with Crippen LogP contribution in [0.4, 0.5) is 34.1 Å². The zero-order valence-corrected chi connectivity index (χ0v) is 36.6. The van der Waals surface area contributed by atoms with Crippen molar-refractivity contribution in [3.05, 3.63) is 266 Å². The molecule has 65 heavy (non-hydrogen) atoms. The fourth-order valence-corrected chi connectivity index (χ4v) is 9.97. The van der Waals surface area contributed by atoms with Crippen LogP contribution in [0, 0.1) is 0 Å². The Morgan fingerprint density at radius 1 is 0.262 bits per heavy atom. The van der Waals surface area contributed by atoms with Crippen LogP contribution in [0.25, 0.3) is 55.6 Å². The normalized spacial score (nSPS) is 12.3. The lowest BCUT2D eigenvalue weighted by Gasteiger charge is -2.32. The van der Waals surface area contributed by atoms with E-state index < -0.39 is 0 Å². The number of hydrogen-bond donors (Lipinski definition) is 0. The minimum atomic E-state index is -0.184. The molecule has 1 aliphatic rings. The van der Waals surface area contributed by atoms with Crippen molar-refractivity contribution in [1.82, 2.24) is 0 Å². The van der Waals surface area contributed by atoms with Crippen LogP contribution in [-0.2, 0) is 5.41 Å². The topological polar surface area (TPSA) is 6.48 Å². The summed E-state index contributed by atoms with van der Waals surface area (Å²) in [5.74, 6) is 0. The van der Waals surface area contributed by atoms with Crippen molar-refractivity contribution in [3.63, 3.8) is 0 Å². The van der Waals surface area contributed by atoms with Gasteiger partial charge in [0.2, 0.25) is 0 Å². The van der Waals surface area contributed by atoms with E-state index in [0.29, 0.717) is 0 Å². The Kier molecular flexibility index (Phi) is 10.3. The number of anilines is 6. The highest BCUT2D eigenvalue weighted by Gasteiger charge is 2.36. The molecule has 0 amide bonds. The average molecular weight is 833 g/mol. The highest BCUT2D eigenvalue weighted by molar-refractivity contribution is 5.99. The van der Waals surface area contributed by atoms with Crippen LogP contribution in [0.15, 0.2) is 255 Å². The molecule has 0 bridgehead atoms. The molecule has 0 aromatic heterocycles. The Bertz CT molecular complexity index is 3170. The highest BCUT2D eigenvalue weighted by Crippen LogP contribution is 2.53. The maximum Gasteiger partial charge on any atom is 0.0540 e. The molecule has 0 fully saturated rings. The molecule has 2 nitrogen and oxygen atoms in total. The Morgan fingerprint density at radius 2 is 0.692 bits per heavy atom. The summed E-state index contributed by atoms with van der Waals surface area (Å²) in [5, 5.41) is 0. The van der Waals surface area contributed by atoms with Crippen molar-refractivity contribution in [1.29, 1.82) is 0 Å². The van der Waals surface area contributed by atoms with Crippen molar-refractivity contribution < 1.29 is 0 Å². The summed E-state index contributed by atoms with van der Waals surface area (Å²) < 4.78 is 0. The molecule has 0 spiro atoms. The third-order valence-corrected chi connectivity index (χ3v) is 13.0. The predicted molar refractivity (Wildman–Crippen MR) is 275 cm³/mol. The first-order valence-electron chi connectivity index (χ1n) is 22.5. The van der Waals surface area contributed by atoms with Gasteiger partial charge >= 0.3 is 0 Å². The van der Waals surface area contributed by atoms with Gasteiger partial charge in [0, 0.05) is 39.4 Å². The maximum atomic E-state index is 2.50. The van der Waals surface area contributed by atoms with E-state index in [9.17, 15) is 0 Å². The molecule has 0 N–H and O–H groups in total. The Morgan fingerprint density at radius 3 is 1.26 bits per heavy atom. The first-order chi connectivity index (χ1) is 32.0. The van der Waals surface area contributed by atoms with Crippen LogP contribution in [0.5, 0.6) is 0 Å². The smallest absolute Gasteiger partial charge is 0.0540 e.